The Bertz CT molecular complexity index is 473. The first-order chi connectivity index (χ1) is 9.44. The minimum Gasteiger partial charge on any atom is -0.463 e. The van der Waals surface area contributed by atoms with Gasteiger partial charge in [0.2, 0.25) is 5.91 Å². The minimum atomic E-state index is -0.627. The third kappa shape index (κ3) is 3.91. The number of nitrogens with zero attached hydrogens (tertiary/aromatic N) is 4. The van der Waals surface area contributed by atoms with Crippen molar-refractivity contribution in [1.29, 1.82) is 0 Å². The van der Waals surface area contributed by atoms with E-state index >= 15 is 0 Å². The number of azide groups is 1. The van der Waals surface area contributed by atoms with E-state index in [4.69, 9.17) is 10.3 Å². The molecule has 0 aromatic carbocycles. The monoisotopic (exact) mass is 298 g/mol. The normalized spacial score (nSPS) is 23.9. The molecule has 1 aliphatic rings. The average molecular weight is 298 g/mol. The molecular weight excluding hydrogens is 280 g/mol. The van der Waals surface area contributed by atoms with Crippen LogP contribution in [-0.4, -0.2) is 41.7 Å². The molecule has 1 unspecified atom stereocenters. The van der Waals surface area contributed by atoms with Crippen LogP contribution in [0, 0.1) is 0 Å². The number of esters is 1. The molecule has 1 saturated heterocycles. The van der Waals surface area contributed by atoms with E-state index in [0.717, 1.165) is 0 Å². The Morgan fingerprint density at radius 1 is 1.65 bits per heavy atom. The summed E-state index contributed by atoms with van der Waals surface area (Å²) >= 11 is 1.34. The summed E-state index contributed by atoms with van der Waals surface area (Å²) in [4.78, 5) is 27.9. The molecule has 0 saturated carbocycles. The summed E-state index contributed by atoms with van der Waals surface area (Å²) in [6, 6.07) is 0. The Morgan fingerprint density at radius 3 is 2.95 bits per heavy atom. The quantitative estimate of drug-likeness (QED) is 0.188. The molecule has 0 bridgehead atoms. The summed E-state index contributed by atoms with van der Waals surface area (Å²) in [5.41, 5.74) is 8.23. The van der Waals surface area contributed by atoms with Crippen molar-refractivity contribution in [3.8, 4) is 0 Å². The molecule has 8 heteroatoms. The number of thioether (sulfide) groups is 1. The largest absolute Gasteiger partial charge is 0.463 e. The SMILES string of the molecule is CCOC(=O)/C=C1\SC(C)(CCCN=[N+]=[N-])C(=O)N1C. The van der Waals surface area contributed by atoms with Gasteiger partial charge in [-0.2, -0.15) is 0 Å². The average Bonchev–Trinajstić information content (AvgIpc) is 2.60. The van der Waals surface area contributed by atoms with E-state index in [9.17, 15) is 9.59 Å². The van der Waals surface area contributed by atoms with Crippen LogP contribution < -0.4 is 0 Å². The van der Waals surface area contributed by atoms with Crippen LogP contribution in [0.2, 0.25) is 0 Å². The van der Waals surface area contributed by atoms with Crippen LogP contribution in [0.4, 0.5) is 0 Å². The molecule has 0 aromatic rings. The highest BCUT2D eigenvalue weighted by Crippen LogP contribution is 2.45. The lowest BCUT2D eigenvalue weighted by Crippen LogP contribution is -2.34. The van der Waals surface area contributed by atoms with Crippen molar-refractivity contribution in [3.63, 3.8) is 0 Å². The van der Waals surface area contributed by atoms with Gasteiger partial charge >= 0.3 is 5.97 Å². The molecule has 0 aliphatic carbocycles. The van der Waals surface area contributed by atoms with E-state index in [-0.39, 0.29) is 5.91 Å². The molecule has 1 aliphatic heterocycles. The first-order valence-electron chi connectivity index (χ1n) is 6.31. The molecule has 0 radical (unpaired) electrons. The highest BCUT2D eigenvalue weighted by Gasteiger charge is 2.44. The van der Waals surface area contributed by atoms with Crippen molar-refractivity contribution in [2.24, 2.45) is 5.11 Å². The predicted octanol–water partition coefficient (Wildman–Crippen LogP) is 2.45. The Balaban J connectivity index is 2.74. The van der Waals surface area contributed by atoms with Gasteiger partial charge in [0.1, 0.15) is 0 Å². The second kappa shape index (κ2) is 7.21. The number of hydrogen-bond acceptors (Lipinski definition) is 5. The third-order valence-electron chi connectivity index (χ3n) is 2.92. The molecule has 0 N–H and O–H groups in total. The van der Waals surface area contributed by atoms with Gasteiger partial charge in [-0.1, -0.05) is 16.9 Å². The number of amides is 1. The van der Waals surface area contributed by atoms with E-state index < -0.39 is 10.7 Å². The van der Waals surface area contributed by atoms with Gasteiger partial charge in [-0.15, -0.1) is 0 Å². The van der Waals surface area contributed by atoms with E-state index in [0.29, 0.717) is 31.0 Å². The Kier molecular flexibility index (Phi) is 5.91. The zero-order valence-electron chi connectivity index (χ0n) is 11.8. The number of carbonyl (C=O) groups is 2. The molecule has 1 atom stereocenters. The van der Waals surface area contributed by atoms with Crippen LogP contribution in [0.5, 0.6) is 0 Å². The van der Waals surface area contributed by atoms with Gasteiger partial charge in [-0.25, -0.2) is 4.79 Å². The second-order valence-corrected chi connectivity index (χ2v) is 6.01. The Hall–Kier alpha value is -1.66. The summed E-state index contributed by atoms with van der Waals surface area (Å²) in [7, 11) is 1.64. The van der Waals surface area contributed by atoms with Crippen molar-refractivity contribution in [2.45, 2.75) is 31.4 Å². The van der Waals surface area contributed by atoms with Gasteiger partial charge in [0, 0.05) is 18.5 Å². The van der Waals surface area contributed by atoms with Gasteiger partial charge in [-0.3, -0.25) is 4.79 Å². The standard InChI is InChI=1S/C12H18N4O3S/c1-4-19-10(17)8-9-16(3)11(18)12(2,20-9)6-5-7-14-15-13/h8H,4-7H2,1-3H3/b9-8-. The molecule has 20 heavy (non-hydrogen) atoms. The Morgan fingerprint density at radius 2 is 2.35 bits per heavy atom. The maximum atomic E-state index is 12.2. The molecule has 7 nitrogen and oxygen atoms in total. The summed E-state index contributed by atoms with van der Waals surface area (Å²) in [5, 5.41) is 4.04. The molecule has 1 rings (SSSR count). The van der Waals surface area contributed by atoms with E-state index in [1.54, 1.807) is 14.0 Å². The van der Waals surface area contributed by atoms with Gasteiger partial charge < -0.3 is 9.64 Å². The summed E-state index contributed by atoms with van der Waals surface area (Å²) in [5.74, 6) is -0.507. The molecule has 1 amide bonds. The molecule has 110 valence electrons. The van der Waals surface area contributed by atoms with Crippen LogP contribution >= 0.6 is 11.8 Å². The van der Waals surface area contributed by atoms with Crippen molar-refractivity contribution >= 4 is 23.6 Å². The van der Waals surface area contributed by atoms with Gasteiger partial charge in [0.25, 0.3) is 0 Å². The number of carbonyl (C=O) groups excluding carboxylic acids is 2. The van der Waals surface area contributed by atoms with E-state index in [2.05, 4.69) is 10.0 Å². The van der Waals surface area contributed by atoms with Crippen molar-refractivity contribution < 1.29 is 14.3 Å². The van der Waals surface area contributed by atoms with E-state index in [1.807, 2.05) is 6.92 Å². The number of rotatable bonds is 6. The smallest absolute Gasteiger partial charge is 0.333 e. The lowest BCUT2D eigenvalue weighted by molar-refractivity contribution is -0.137. The first kappa shape index (κ1) is 16.4. The van der Waals surface area contributed by atoms with E-state index in [1.165, 1.54) is 22.7 Å². The van der Waals surface area contributed by atoms with Crippen LogP contribution in [0.15, 0.2) is 16.2 Å². The predicted molar refractivity (Wildman–Crippen MR) is 76.7 cm³/mol. The van der Waals surface area contributed by atoms with Crippen LogP contribution in [-0.2, 0) is 14.3 Å². The van der Waals surface area contributed by atoms with Crippen LogP contribution in [0.1, 0.15) is 26.7 Å². The fourth-order valence-corrected chi connectivity index (χ4v) is 3.21. The lowest BCUT2D eigenvalue weighted by atomic mass is 10.0. The molecule has 0 aromatic heterocycles. The highest BCUT2D eigenvalue weighted by molar-refractivity contribution is 8.05. The molecule has 0 spiro atoms. The second-order valence-electron chi connectivity index (χ2n) is 4.49. The van der Waals surface area contributed by atoms with Gasteiger partial charge in [0.05, 0.1) is 22.5 Å². The zero-order valence-corrected chi connectivity index (χ0v) is 12.6. The fourth-order valence-electron chi connectivity index (χ4n) is 1.90. The maximum Gasteiger partial charge on any atom is 0.333 e. The van der Waals surface area contributed by atoms with Crippen LogP contribution in [0.25, 0.3) is 10.4 Å². The maximum absolute atomic E-state index is 12.2. The molecule has 1 fully saturated rings. The molecular formula is C12H18N4O3S. The third-order valence-corrected chi connectivity index (χ3v) is 4.35. The Labute approximate surface area is 122 Å². The van der Waals surface area contributed by atoms with Crippen molar-refractivity contribution in [2.75, 3.05) is 20.2 Å². The summed E-state index contributed by atoms with van der Waals surface area (Å²) in [6.07, 6.45) is 2.55. The summed E-state index contributed by atoms with van der Waals surface area (Å²) in [6.45, 7) is 4.22. The van der Waals surface area contributed by atoms with Gasteiger partial charge in [0.15, 0.2) is 0 Å². The van der Waals surface area contributed by atoms with Crippen molar-refractivity contribution in [1.82, 2.24) is 4.90 Å². The van der Waals surface area contributed by atoms with Gasteiger partial charge in [-0.05, 0) is 32.2 Å². The van der Waals surface area contributed by atoms with Crippen LogP contribution in [0.3, 0.4) is 0 Å². The topological polar surface area (TPSA) is 95.4 Å². The van der Waals surface area contributed by atoms with Crippen molar-refractivity contribution in [3.05, 3.63) is 21.5 Å². The highest BCUT2D eigenvalue weighted by atomic mass is 32.2. The fraction of sp³-hybridized carbons (Fsp3) is 0.667. The first-order valence-corrected chi connectivity index (χ1v) is 7.12. The zero-order chi connectivity index (χ0) is 15.2. The lowest BCUT2D eigenvalue weighted by Gasteiger charge is -2.19. The minimum absolute atomic E-state index is 0.0565. The molecule has 1 heterocycles. The number of ether oxygens (including phenoxy) is 1. The summed E-state index contributed by atoms with van der Waals surface area (Å²) < 4.78 is 4.22. The number of hydrogen-bond donors (Lipinski definition) is 0.